The van der Waals surface area contributed by atoms with E-state index < -0.39 is 17.6 Å². The molecular weight excluding hydrogens is 258 g/mol. The van der Waals surface area contributed by atoms with Crippen LogP contribution < -0.4 is 5.32 Å². The normalized spacial score (nSPS) is 14.9. The van der Waals surface area contributed by atoms with E-state index in [-0.39, 0.29) is 12.5 Å². The van der Waals surface area contributed by atoms with Crippen LogP contribution in [0.15, 0.2) is 30.3 Å². The topological polar surface area (TPSA) is 75.6 Å². The molecule has 2 atom stereocenters. The molecule has 0 spiro atoms. The number of ether oxygens (including phenoxy) is 1. The van der Waals surface area contributed by atoms with E-state index in [1.807, 2.05) is 37.3 Å². The SMILES string of the molecule is CC[C@H](C)[C@](C)(NC(=O)OCc1ccccc1)C(=O)O. The van der Waals surface area contributed by atoms with Gasteiger partial charge >= 0.3 is 12.1 Å². The van der Waals surface area contributed by atoms with Crippen LogP contribution >= 0.6 is 0 Å². The van der Waals surface area contributed by atoms with Gasteiger partial charge in [-0.2, -0.15) is 0 Å². The Balaban J connectivity index is 2.61. The number of nitrogens with one attached hydrogen (secondary N) is 1. The van der Waals surface area contributed by atoms with Gasteiger partial charge < -0.3 is 15.2 Å². The smallest absolute Gasteiger partial charge is 0.408 e. The average Bonchev–Trinajstić information content (AvgIpc) is 2.45. The molecule has 0 saturated carbocycles. The fourth-order valence-electron chi connectivity index (χ4n) is 1.77. The molecule has 0 aliphatic heterocycles. The van der Waals surface area contributed by atoms with Gasteiger partial charge in [0.05, 0.1) is 0 Å². The Morgan fingerprint density at radius 1 is 1.35 bits per heavy atom. The predicted octanol–water partition coefficient (Wildman–Crippen LogP) is 2.80. The summed E-state index contributed by atoms with van der Waals surface area (Å²) in [5.41, 5.74) is -0.481. The Bertz CT molecular complexity index is 460. The molecule has 0 radical (unpaired) electrons. The number of hydrogen-bond donors (Lipinski definition) is 2. The van der Waals surface area contributed by atoms with Crippen molar-refractivity contribution in [1.29, 1.82) is 0 Å². The highest BCUT2D eigenvalue weighted by Crippen LogP contribution is 2.20. The van der Waals surface area contributed by atoms with Gasteiger partial charge in [0, 0.05) is 0 Å². The van der Waals surface area contributed by atoms with E-state index in [1.165, 1.54) is 6.92 Å². The molecule has 0 fully saturated rings. The first-order valence-corrected chi connectivity index (χ1v) is 6.62. The van der Waals surface area contributed by atoms with E-state index in [0.29, 0.717) is 6.42 Å². The maximum absolute atomic E-state index is 11.8. The van der Waals surface area contributed by atoms with Crippen LogP contribution in [0.3, 0.4) is 0 Å². The van der Waals surface area contributed by atoms with E-state index >= 15 is 0 Å². The Morgan fingerprint density at radius 3 is 2.45 bits per heavy atom. The zero-order chi connectivity index (χ0) is 15.2. The number of carboxylic acid groups (broad SMARTS) is 1. The van der Waals surface area contributed by atoms with Crippen LogP contribution in [0.5, 0.6) is 0 Å². The van der Waals surface area contributed by atoms with Crippen LogP contribution in [0.4, 0.5) is 4.79 Å². The molecule has 0 saturated heterocycles. The Kier molecular flexibility index (Phi) is 5.55. The summed E-state index contributed by atoms with van der Waals surface area (Å²) in [6, 6.07) is 9.22. The van der Waals surface area contributed by atoms with Gasteiger partial charge in [0.2, 0.25) is 0 Å². The Labute approximate surface area is 118 Å². The van der Waals surface area contributed by atoms with Crippen molar-refractivity contribution in [3.8, 4) is 0 Å². The largest absolute Gasteiger partial charge is 0.480 e. The number of carboxylic acids is 1. The minimum atomic E-state index is -1.33. The van der Waals surface area contributed by atoms with E-state index in [1.54, 1.807) is 6.92 Å². The van der Waals surface area contributed by atoms with Gasteiger partial charge in [-0.3, -0.25) is 0 Å². The zero-order valence-electron chi connectivity index (χ0n) is 12.1. The molecular formula is C15H21NO4. The first kappa shape index (κ1) is 16.0. The van der Waals surface area contributed by atoms with Crippen molar-refractivity contribution in [2.45, 2.75) is 39.3 Å². The van der Waals surface area contributed by atoms with Crippen LogP contribution in [-0.4, -0.2) is 22.7 Å². The van der Waals surface area contributed by atoms with Crippen LogP contribution in [0.2, 0.25) is 0 Å². The number of rotatable bonds is 6. The van der Waals surface area contributed by atoms with Crippen molar-refractivity contribution in [2.24, 2.45) is 5.92 Å². The van der Waals surface area contributed by atoms with Crippen molar-refractivity contribution in [2.75, 3.05) is 0 Å². The number of benzene rings is 1. The molecule has 0 aliphatic rings. The number of carbonyl (C=O) groups is 2. The minimum absolute atomic E-state index is 0.114. The zero-order valence-corrected chi connectivity index (χ0v) is 12.1. The monoisotopic (exact) mass is 279 g/mol. The molecule has 5 nitrogen and oxygen atoms in total. The quantitative estimate of drug-likeness (QED) is 0.839. The summed E-state index contributed by atoms with van der Waals surface area (Å²) in [5, 5.41) is 11.8. The Morgan fingerprint density at radius 2 is 1.95 bits per heavy atom. The van der Waals surface area contributed by atoms with Crippen molar-refractivity contribution in [1.82, 2.24) is 5.32 Å². The minimum Gasteiger partial charge on any atom is -0.480 e. The van der Waals surface area contributed by atoms with Gasteiger partial charge in [-0.25, -0.2) is 9.59 Å². The van der Waals surface area contributed by atoms with Crippen molar-refractivity contribution in [3.05, 3.63) is 35.9 Å². The molecule has 2 N–H and O–H groups in total. The highest BCUT2D eigenvalue weighted by molar-refractivity contribution is 5.84. The van der Waals surface area contributed by atoms with Crippen LogP contribution in [0.1, 0.15) is 32.8 Å². The van der Waals surface area contributed by atoms with Gasteiger partial charge in [0.15, 0.2) is 0 Å². The molecule has 1 aromatic rings. The summed E-state index contributed by atoms with van der Waals surface area (Å²) in [4.78, 5) is 23.1. The van der Waals surface area contributed by atoms with Gasteiger partial charge in [-0.15, -0.1) is 0 Å². The first-order valence-electron chi connectivity index (χ1n) is 6.62. The predicted molar refractivity (Wildman–Crippen MR) is 75.3 cm³/mol. The van der Waals surface area contributed by atoms with Gasteiger partial charge in [0.1, 0.15) is 12.1 Å². The summed E-state index contributed by atoms with van der Waals surface area (Å²) in [6.07, 6.45) is -0.0825. The second-order valence-electron chi connectivity index (χ2n) is 5.00. The lowest BCUT2D eigenvalue weighted by Crippen LogP contribution is -2.56. The third-order valence-electron chi connectivity index (χ3n) is 3.62. The van der Waals surface area contributed by atoms with Crippen molar-refractivity contribution >= 4 is 12.1 Å². The molecule has 0 heterocycles. The fourth-order valence-corrected chi connectivity index (χ4v) is 1.77. The van der Waals surface area contributed by atoms with E-state index in [9.17, 15) is 14.7 Å². The summed E-state index contributed by atoms with van der Waals surface area (Å²) in [6.45, 7) is 5.27. The number of amides is 1. The molecule has 0 aromatic heterocycles. The van der Waals surface area contributed by atoms with Crippen molar-refractivity contribution < 1.29 is 19.4 Å². The van der Waals surface area contributed by atoms with Gasteiger partial charge in [-0.05, 0) is 18.4 Å². The molecule has 0 unspecified atom stereocenters. The summed E-state index contributed by atoms with van der Waals surface area (Å²) < 4.78 is 5.06. The molecule has 1 amide bonds. The molecule has 0 aliphatic carbocycles. The van der Waals surface area contributed by atoms with Gasteiger partial charge in [0.25, 0.3) is 0 Å². The third kappa shape index (κ3) is 3.98. The van der Waals surface area contributed by atoms with E-state index in [0.717, 1.165) is 5.56 Å². The molecule has 5 heteroatoms. The highest BCUT2D eigenvalue weighted by atomic mass is 16.5. The third-order valence-corrected chi connectivity index (χ3v) is 3.62. The summed E-state index contributed by atoms with van der Waals surface area (Å²) in [7, 11) is 0. The van der Waals surface area contributed by atoms with Crippen LogP contribution in [-0.2, 0) is 16.1 Å². The number of alkyl carbamates (subject to hydrolysis) is 1. The van der Waals surface area contributed by atoms with Crippen molar-refractivity contribution in [3.63, 3.8) is 0 Å². The lowest BCUT2D eigenvalue weighted by Gasteiger charge is -2.31. The van der Waals surface area contributed by atoms with E-state index in [4.69, 9.17) is 4.74 Å². The van der Waals surface area contributed by atoms with Crippen LogP contribution in [0.25, 0.3) is 0 Å². The fraction of sp³-hybridized carbons (Fsp3) is 0.467. The van der Waals surface area contributed by atoms with Crippen LogP contribution in [0, 0.1) is 5.92 Å². The lowest BCUT2D eigenvalue weighted by molar-refractivity contribution is -0.146. The molecule has 1 aromatic carbocycles. The standard InChI is InChI=1S/C15H21NO4/c1-4-11(2)15(3,13(17)18)16-14(19)20-10-12-8-6-5-7-9-12/h5-9,11H,4,10H2,1-3H3,(H,16,19)(H,17,18)/t11-,15-/m0/s1. The second kappa shape index (κ2) is 6.93. The summed E-state index contributed by atoms with van der Waals surface area (Å²) in [5.74, 6) is -1.27. The Hall–Kier alpha value is -2.04. The second-order valence-corrected chi connectivity index (χ2v) is 5.00. The number of carbonyl (C=O) groups excluding carboxylic acids is 1. The molecule has 110 valence electrons. The number of aliphatic carboxylic acids is 1. The molecule has 20 heavy (non-hydrogen) atoms. The maximum atomic E-state index is 11.8. The highest BCUT2D eigenvalue weighted by Gasteiger charge is 2.40. The maximum Gasteiger partial charge on any atom is 0.408 e. The van der Waals surface area contributed by atoms with E-state index in [2.05, 4.69) is 5.32 Å². The first-order chi connectivity index (χ1) is 9.40. The average molecular weight is 279 g/mol. The summed E-state index contributed by atoms with van der Waals surface area (Å²) >= 11 is 0. The molecule has 1 rings (SSSR count). The lowest BCUT2D eigenvalue weighted by atomic mass is 9.85. The molecule has 0 bridgehead atoms. The number of hydrogen-bond acceptors (Lipinski definition) is 3. The van der Waals surface area contributed by atoms with Gasteiger partial charge in [-0.1, -0.05) is 50.6 Å².